The average molecular weight is 771 g/mol. The summed E-state index contributed by atoms with van der Waals surface area (Å²) < 4.78 is 72.8. The van der Waals surface area contributed by atoms with Crippen molar-refractivity contribution in [1.82, 2.24) is 24.8 Å². The Labute approximate surface area is 296 Å². The van der Waals surface area contributed by atoms with Crippen molar-refractivity contribution in [2.75, 3.05) is 25.6 Å². The lowest BCUT2D eigenvalue weighted by atomic mass is 9.85. The highest BCUT2D eigenvalue weighted by molar-refractivity contribution is 7.86. The summed E-state index contributed by atoms with van der Waals surface area (Å²) in [7, 11) is -2.97. The van der Waals surface area contributed by atoms with Gasteiger partial charge < -0.3 is 28.7 Å². The molecule has 3 amide bonds. The Balaban J connectivity index is 0.000000677. The average Bonchev–Trinajstić information content (AvgIpc) is 3.71. The second kappa shape index (κ2) is 16.1. The monoisotopic (exact) mass is 770 g/mol. The van der Waals surface area contributed by atoms with Crippen LogP contribution in [0.15, 0.2) is 66.3 Å². The van der Waals surface area contributed by atoms with Crippen molar-refractivity contribution in [3.63, 3.8) is 0 Å². The number of esters is 1. The standard InChI is InChI=1S/C28H28N8O7S.CHF3O3S/c1-5-11-42-26(39)23-19(35-10-9-16-20(13-35)34(3)15-29-16)8-7-18-22(25(38)36(18)23)31-24(37)21(33-41-4)17-14-44-27(30-17)32-28(40)43-12-6-2;2-1(3,4)8(5,6)7/h5-6,9-10,13-15,18,22H,1-2,7-8,11-12H2,3-4H3,(H-,30,31,32,37,40);(H,5,6,7)/t18?,22-;/m1./s1. The van der Waals surface area contributed by atoms with E-state index >= 15 is 0 Å². The number of rotatable bonds is 11. The number of pyridine rings is 1. The lowest BCUT2D eigenvalue weighted by Crippen LogP contribution is -2.72. The quantitative estimate of drug-likeness (QED) is 0.0414. The van der Waals surface area contributed by atoms with E-state index in [-0.39, 0.29) is 35.4 Å². The highest BCUT2D eigenvalue weighted by Gasteiger charge is 2.56. The number of alkyl halides is 3. The van der Waals surface area contributed by atoms with Crippen LogP contribution in [0.3, 0.4) is 0 Å². The van der Waals surface area contributed by atoms with E-state index in [9.17, 15) is 32.3 Å². The number of ether oxygens (including phenoxy) is 2. The fraction of sp³-hybridized carbons (Fsp3) is 0.310. The molecule has 2 aliphatic heterocycles. The van der Waals surface area contributed by atoms with Gasteiger partial charge in [-0.1, -0.05) is 30.5 Å². The van der Waals surface area contributed by atoms with E-state index in [0.717, 1.165) is 22.4 Å². The van der Waals surface area contributed by atoms with Crippen molar-refractivity contribution < 1.29 is 64.2 Å². The van der Waals surface area contributed by atoms with Crippen molar-refractivity contribution in [1.29, 1.82) is 0 Å². The summed E-state index contributed by atoms with van der Waals surface area (Å²) in [6.45, 7) is 7.04. The van der Waals surface area contributed by atoms with Crippen molar-refractivity contribution in [2.45, 2.75) is 30.4 Å². The maximum absolute atomic E-state index is 13.5. The van der Waals surface area contributed by atoms with Crippen molar-refractivity contribution in [3.8, 4) is 0 Å². The highest BCUT2D eigenvalue weighted by atomic mass is 32.2. The minimum atomic E-state index is -6.09. The van der Waals surface area contributed by atoms with Crippen LogP contribution in [-0.4, -0.2) is 99.9 Å². The molecule has 3 aromatic rings. The van der Waals surface area contributed by atoms with E-state index in [1.54, 1.807) is 17.1 Å². The molecular weight excluding hydrogens is 741 g/mol. The molecule has 23 heteroatoms. The normalized spacial score (nSPS) is 17.2. The second-order valence-corrected chi connectivity index (χ2v) is 12.7. The molecule has 3 aromatic heterocycles. The molecule has 0 spiro atoms. The third-order valence-electron chi connectivity index (χ3n) is 7.17. The largest absolute Gasteiger partial charge is 0.741 e. The first-order valence-electron chi connectivity index (χ1n) is 14.6. The summed E-state index contributed by atoms with van der Waals surface area (Å²) in [5.74, 6) is -1.90. The van der Waals surface area contributed by atoms with Crippen LogP contribution in [0.4, 0.5) is 23.1 Å². The Bertz CT molecular complexity index is 2080. The Morgan fingerprint density at radius 1 is 1.23 bits per heavy atom. The number of hydrogen-bond acceptors (Lipinski definition) is 14. The second-order valence-electron chi connectivity index (χ2n) is 10.5. The number of anilines is 1. The summed E-state index contributed by atoms with van der Waals surface area (Å²) in [6.07, 6.45) is 8.28. The first-order chi connectivity index (χ1) is 24.5. The van der Waals surface area contributed by atoms with E-state index in [0.29, 0.717) is 18.5 Å². The SMILES string of the molecule is C=CCOC(=O)Nc1nc(C(=NOC)C(=O)N[C@H]2C(=O)N3C(C(=O)OCC=C)=C([n+]4ccc5ncn(C)c5c4)CCC23)cs1.O=S(=O)([O-])C(F)(F)F. The molecule has 278 valence electrons. The zero-order valence-corrected chi connectivity index (χ0v) is 28.8. The summed E-state index contributed by atoms with van der Waals surface area (Å²) in [5.41, 5.74) is -3.46. The molecule has 2 aliphatic rings. The topological polar surface area (TPSA) is 227 Å². The number of β-lactam (4-membered cyclic amide) rings is 1. The number of allylic oxidation sites excluding steroid dienone is 1. The molecule has 0 bridgehead atoms. The van der Waals surface area contributed by atoms with Crippen molar-refractivity contribution in [3.05, 3.63) is 66.9 Å². The molecule has 1 fully saturated rings. The van der Waals surface area contributed by atoms with Gasteiger partial charge in [0.2, 0.25) is 11.9 Å². The number of hydrogen-bond donors (Lipinski definition) is 2. The summed E-state index contributed by atoms with van der Waals surface area (Å²) in [4.78, 5) is 66.7. The molecule has 0 aliphatic carbocycles. The maximum Gasteiger partial charge on any atom is 0.485 e. The van der Waals surface area contributed by atoms with E-state index in [1.807, 2.05) is 23.9 Å². The molecule has 2 N–H and O–H groups in total. The van der Waals surface area contributed by atoms with Crippen LogP contribution in [-0.2, 0) is 45.9 Å². The van der Waals surface area contributed by atoms with Gasteiger partial charge in [-0.15, -0.1) is 11.3 Å². The molecular formula is C29H29F3N8O10S2. The zero-order valence-electron chi connectivity index (χ0n) is 27.2. The van der Waals surface area contributed by atoms with Crippen LogP contribution in [0.5, 0.6) is 0 Å². The van der Waals surface area contributed by atoms with E-state index < -0.39 is 51.6 Å². The van der Waals surface area contributed by atoms with Gasteiger partial charge in [0.1, 0.15) is 43.1 Å². The van der Waals surface area contributed by atoms with Gasteiger partial charge in [0.25, 0.3) is 11.8 Å². The van der Waals surface area contributed by atoms with Crippen molar-refractivity contribution >= 4 is 72.9 Å². The van der Waals surface area contributed by atoms with E-state index in [1.165, 1.54) is 29.5 Å². The number of nitrogens with one attached hydrogen (secondary N) is 2. The van der Waals surface area contributed by atoms with Crippen LogP contribution in [0.1, 0.15) is 18.5 Å². The van der Waals surface area contributed by atoms with Gasteiger partial charge in [0.05, 0.1) is 12.4 Å². The van der Waals surface area contributed by atoms with Crippen LogP contribution >= 0.6 is 11.3 Å². The van der Waals surface area contributed by atoms with Gasteiger partial charge in [0.15, 0.2) is 32.9 Å². The van der Waals surface area contributed by atoms with E-state index in [4.69, 9.17) is 27.3 Å². The summed E-state index contributed by atoms with van der Waals surface area (Å²) in [5, 5.41) is 10.6. The van der Waals surface area contributed by atoms with Gasteiger partial charge in [0, 0.05) is 24.9 Å². The van der Waals surface area contributed by atoms with Crippen LogP contribution in [0, 0.1) is 0 Å². The fourth-order valence-electron chi connectivity index (χ4n) is 4.93. The van der Waals surface area contributed by atoms with Gasteiger partial charge in [-0.3, -0.25) is 19.8 Å². The molecule has 0 aromatic carbocycles. The Hall–Kier alpha value is -5.68. The number of aryl methyl sites for hydroxylation is 1. The van der Waals surface area contributed by atoms with Crippen LogP contribution < -0.4 is 15.2 Å². The number of nitrogens with zero attached hydrogens (tertiary/aromatic N) is 6. The minimum Gasteiger partial charge on any atom is -0.741 e. The fourth-order valence-corrected chi connectivity index (χ4v) is 5.61. The molecule has 5 heterocycles. The number of amides is 3. The van der Waals surface area contributed by atoms with Gasteiger partial charge in [-0.05, 0) is 6.42 Å². The number of imidazole rings is 1. The third kappa shape index (κ3) is 8.60. The van der Waals surface area contributed by atoms with Gasteiger partial charge >= 0.3 is 17.6 Å². The lowest BCUT2D eigenvalue weighted by Gasteiger charge is -2.49. The molecule has 5 rings (SSSR count). The Morgan fingerprint density at radius 2 is 1.90 bits per heavy atom. The highest BCUT2D eigenvalue weighted by Crippen LogP contribution is 2.37. The lowest BCUT2D eigenvalue weighted by molar-refractivity contribution is -0.583. The number of oxime groups is 1. The van der Waals surface area contributed by atoms with Crippen LogP contribution in [0.2, 0.25) is 0 Å². The number of halogens is 3. The molecule has 18 nitrogen and oxygen atoms in total. The Kier molecular flexibility index (Phi) is 12.1. The predicted molar refractivity (Wildman–Crippen MR) is 174 cm³/mol. The third-order valence-corrected chi connectivity index (χ3v) is 8.50. The molecule has 52 heavy (non-hydrogen) atoms. The van der Waals surface area contributed by atoms with Crippen LogP contribution in [0.25, 0.3) is 16.7 Å². The van der Waals surface area contributed by atoms with Crippen molar-refractivity contribution in [2.24, 2.45) is 12.2 Å². The molecule has 1 unspecified atom stereocenters. The molecule has 0 radical (unpaired) electrons. The first kappa shape index (κ1) is 39.1. The summed E-state index contributed by atoms with van der Waals surface area (Å²) >= 11 is 1.04. The number of carbonyl (C=O) groups is 4. The first-order valence-corrected chi connectivity index (χ1v) is 16.9. The number of fused-ring (bicyclic) bond motifs is 2. The van der Waals surface area contributed by atoms with Gasteiger partial charge in [-0.25, -0.2) is 28.0 Å². The number of carbonyl (C=O) groups excluding carboxylic acids is 4. The zero-order chi connectivity index (χ0) is 38.4. The molecule has 1 saturated heterocycles. The number of aromatic nitrogens is 4. The Morgan fingerprint density at radius 3 is 2.54 bits per heavy atom. The number of thiazole rings is 1. The minimum absolute atomic E-state index is 0.0130. The molecule has 2 atom stereocenters. The molecule has 0 saturated carbocycles. The summed E-state index contributed by atoms with van der Waals surface area (Å²) in [6, 6.07) is 0.365. The maximum atomic E-state index is 13.5. The smallest absolute Gasteiger partial charge is 0.485 e. The van der Waals surface area contributed by atoms with E-state index in [2.05, 4.69) is 38.9 Å². The predicted octanol–water partition coefficient (Wildman–Crippen LogP) is 1.54. The van der Waals surface area contributed by atoms with Gasteiger partial charge in [-0.2, -0.15) is 17.7 Å².